The van der Waals surface area contributed by atoms with Crippen LogP contribution in [-0.4, -0.2) is 41.1 Å². The molecule has 10 heteroatoms. The third-order valence-corrected chi connectivity index (χ3v) is 7.92. The first-order valence-corrected chi connectivity index (χ1v) is 14.1. The molecule has 210 valence electrons. The number of amides is 1. The molecule has 4 aromatic heterocycles. The van der Waals surface area contributed by atoms with Crippen LogP contribution >= 0.6 is 0 Å². The van der Waals surface area contributed by atoms with Gasteiger partial charge >= 0.3 is 0 Å². The van der Waals surface area contributed by atoms with Crippen molar-refractivity contribution >= 4 is 33.7 Å². The van der Waals surface area contributed by atoms with Gasteiger partial charge in [0.05, 0.1) is 17.4 Å². The second-order valence-electron chi connectivity index (χ2n) is 10.9. The Balaban J connectivity index is 1.20. The van der Waals surface area contributed by atoms with Crippen molar-refractivity contribution in [2.24, 2.45) is 5.92 Å². The minimum atomic E-state index is -0.543. The summed E-state index contributed by atoms with van der Waals surface area (Å²) in [6.45, 7) is 0. The lowest BCUT2D eigenvalue weighted by Gasteiger charge is -2.20. The molecule has 2 aromatic carbocycles. The summed E-state index contributed by atoms with van der Waals surface area (Å²) >= 11 is 0. The van der Waals surface area contributed by atoms with E-state index in [0.29, 0.717) is 51.8 Å². The minimum Gasteiger partial charge on any atom is -0.508 e. The molecule has 0 aliphatic heterocycles. The number of imidazole rings is 1. The van der Waals surface area contributed by atoms with Gasteiger partial charge in [0, 0.05) is 41.4 Å². The number of aromatic hydroxyl groups is 1. The molecule has 1 aliphatic rings. The molecule has 0 spiro atoms. The average molecular weight is 562 g/mol. The fraction of sp³-hybridized carbons (Fsp3) is 0.219. The molecule has 0 unspecified atom stereocenters. The van der Waals surface area contributed by atoms with Crippen LogP contribution in [0.1, 0.15) is 38.5 Å². The van der Waals surface area contributed by atoms with Crippen molar-refractivity contribution < 1.29 is 14.3 Å². The Labute approximate surface area is 240 Å². The van der Waals surface area contributed by atoms with Gasteiger partial charge < -0.3 is 15.4 Å². The van der Waals surface area contributed by atoms with Gasteiger partial charge in [0.25, 0.3) is 0 Å². The number of fused-ring (bicyclic) bond motifs is 2. The number of phenols is 1. The molecule has 4 N–H and O–H groups in total. The van der Waals surface area contributed by atoms with Crippen LogP contribution in [0.25, 0.3) is 55.8 Å². The van der Waals surface area contributed by atoms with Crippen molar-refractivity contribution in [3.8, 4) is 39.5 Å². The van der Waals surface area contributed by atoms with Crippen LogP contribution in [0.4, 0.5) is 10.1 Å². The standard InChI is InChI=1S/C32H28FN7O2/c33-22-11-20(13-24(41)15-22)25-8-9-35-31-29(25)37-32(38-31)30-26-14-19(6-7-27(26)39-40-30)21-12-23(17-34-16-21)36-28(42)10-18-4-2-1-3-5-18/h6-9,11-18,41H,1-5,10H2,(H,36,42)(H,39,40)(H,35,37,38). The van der Waals surface area contributed by atoms with Crippen LogP contribution in [0.2, 0.25) is 0 Å². The van der Waals surface area contributed by atoms with Crippen molar-refractivity contribution in [1.82, 2.24) is 30.1 Å². The van der Waals surface area contributed by atoms with Gasteiger partial charge in [-0.15, -0.1) is 0 Å². The summed E-state index contributed by atoms with van der Waals surface area (Å²) in [5.74, 6) is 0.274. The van der Waals surface area contributed by atoms with E-state index < -0.39 is 5.82 Å². The first-order valence-electron chi connectivity index (χ1n) is 14.1. The van der Waals surface area contributed by atoms with E-state index in [1.807, 2.05) is 24.3 Å². The van der Waals surface area contributed by atoms with Crippen molar-refractivity contribution in [2.45, 2.75) is 38.5 Å². The number of pyridine rings is 2. The number of anilines is 1. The highest BCUT2D eigenvalue weighted by atomic mass is 19.1. The number of aromatic nitrogens is 6. The second-order valence-corrected chi connectivity index (χ2v) is 10.9. The molecule has 0 radical (unpaired) electrons. The third-order valence-electron chi connectivity index (χ3n) is 7.92. The zero-order chi connectivity index (χ0) is 28.6. The van der Waals surface area contributed by atoms with Gasteiger partial charge in [-0.1, -0.05) is 25.3 Å². The summed E-state index contributed by atoms with van der Waals surface area (Å²) in [6, 6.07) is 13.5. The van der Waals surface area contributed by atoms with E-state index in [4.69, 9.17) is 4.98 Å². The van der Waals surface area contributed by atoms with Crippen LogP contribution in [0.5, 0.6) is 5.75 Å². The fourth-order valence-corrected chi connectivity index (χ4v) is 5.89. The Kier molecular flexibility index (Phi) is 6.58. The topological polar surface area (TPSA) is 132 Å². The summed E-state index contributed by atoms with van der Waals surface area (Å²) in [7, 11) is 0. The van der Waals surface area contributed by atoms with E-state index in [1.165, 1.54) is 31.4 Å². The number of benzene rings is 2. The lowest BCUT2D eigenvalue weighted by Crippen LogP contribution is -2.18. The maximum atomic E-state index is 14.0. The Hall–Kier alpha value is -5.12. The zero-order valence-electron chi connectivity index (χ0n) is 22.7. The molecular formula is C32H28FN7O2. The predicted octanol–water partition coefficient (Wildman–Crippen LogP) is 6.98. The van der Waals surface area contributed by atoms with E-state index >= 15 is 0 Å². The number of carbonyl (C=O) groups excluding carboxylic acids is 1. The molecule has 1 fully saturated rings. The SMILES string of the molecule is O=C(CC1CCCCC1)Nc1cncc(-c2ccc3[nH]nc(-c4nc5c(-c6cc(O)cc(F)c6)ccnc5[nH]4)c3c2)c1. The fourth-order valence-electron chi connectivity index (χ4n) is 5.89. The number of halogens is 1. The maximum absolute atomic E-state index is 14.0. The first kappa shape index (κ1) is 25.8. The zero-order valence-corrected chi connectivity index (χ0v) is 22.7. The number of hydrogen-bond acceptors (Lipinski definition) is 6. The molecule has 0 atom stereocenters. The Bertz CT molecular complexity index is 1920. The van der Waals surface area contributed by atoms with Crippen LogP contribution < -0.4 is 5.32 Å². The van der Waals surface area contributed by atoms with Crippen LogP contribution in [0.15, 0.2) is 67.1 Å². The van der Waals surface area contributed by atoms with Gasteiger partial charge in [0.15, 0.2) is 11.5 Å². The number of hydrogen-bond donors (Lipinski definition) is 4. The highest BCUT2D eigenvalue weighted by molar-refractivity contribution is 5.98. The summed E-state index contributed by atoms with van der Waals surface area (Å²) in [5.41, 5.74) is 6.03. The normalized spacial score (nSPS) is 14.0. The molecule has 0 saturated heterocycles. The van der Waals surface area contributed by atoms with E-state index in [2.05, 4.69) is 30.5 Å². The maximum Gasteiger partial charge on any atom is 0.224 e. The molecule has 9 nitrogen and oxygen atoms in total. The number of nitrogens with zero attached hydrogens (tertiary/aromatic N) is 4. The number of carbonyl (C=O) groups is 1. The number of nitrogens with one attached hydrogen (secondary N) is 3. The highest BCUT2D eigenvalue weighted by Crippen LogP contribution is 2.34. The van der Waals surface area contributed by atoms with E-state index in [9.17, 15) is 14.3 Å². The molecule has 7 rings (SSSR count). The van der Waals surface area contributed by atoms with Crippen molar-refractivity contribution in [3.05, 3.63) is 72.9 Å². The van der Waals surface area contributed by atoms with Crippen molar-refractivity contribution in [1.29, 1.82) is 0 Å². The lowest BCUT2D eigenvalue weighted by atomic mass is 9.87. The Morgan fingerprint density at radius 1 is 1.00 bits per heavy atom. The minimum absolute atomic E-state index is 0.0275. The van der Waals surface area contributed by atoms with E-state index in [1.54, 1.807) is 24.7 Å². The predicted molar refractivity (Wildman–Crippen MR) is 159 cm³/mol. The Morgan fingerprint density at radius 3 is 2.74 bits per heavy atom. The first-order chi connectivity index (χ1) is 20.5. The van der Waals surface area contributed by atoms with Crippen LogP contribution in [-0.2, 0) is 4.79 Å². The van der Waals surface area contributed by atoms with Gasteiger partial charge in [-0.3, -0.25) is 14.9 Å². The van der Waals surface area contributed by atoms with E-state index in [0.717, 1.165) is 40.9 Å². The van der Waals surface area contributed by atoms with Crippen molar-refractivity contribution in [2.75, 3.05) is 5.32 Å². The van der Waals surface area contributed by atoms with Crippen molar-refractivity contribution in [3.63, 3.8) is 0 Å². The van der Waals surface area contributed by atoms with Gasteiger partial charge in [-0.05, 0) is 66.3 Å². The smallest absolute Gasteiger partial charge is 0.224 e. The molecular weight excluding hydrogens is 533 g/mol. The quantitative estimate of drug-likeness (QED) is 0.173. The number of aromatic amines is 2. The molecule has 6 aromatic rings. The second kappa shape index (κ2) is 10.7. The number of H-pyrrole nitrogens is 2. The highest BCUT2D eigenvalue weighted by Gasteiger charge is 2.19. The third kappa shape index (κ3) is 5.07. The van der Waals surface area contributed by atoms with E-state index in [-0.39, 0.29) is 11.7 Å². The van der Waals surface area contributed by atoms with Gasteiger partial charge in [0.2, 0.25) is 5.91 Å². The van der Waals surface area contributed by atoms with Gasteiger partial charge in [0.1, 0.15) is 22.8 Å². The van der Waals surface area contributed by atoms with Crippen LogP contribution in [0, 0.1) is 11.7 Å². The van der Waals surface area contributed by atoms with Gasteiger partial charge in [-0.2, -0.15) is 5.10 Å². The molecule has 0 bridgehead atoms. The molecule has 42 heavy (non-hydrogen) atoms. The monoisotopic (exact) mass is 561 g/mol. The van der Waals surface area contributed by atoms with Gasteiger partial charge in [-0.25, -0.2) is 14.4 Å². The summed E-state index contributed by atoms with van der Waals surface area (Å²) in [4.78, 5) is 29.5. The molecule has 1 saturated carbocycles. The lowest BCUT2D eigenvalue weighted by molar-refractivity contribution is -0.117. The number of phenolic OH excluding ortho intramolecular Hbond substituents is 1. The Morgan fingerprint density at radius 2 is 1.88 bits per heavy atom. The average Bonchev–Trinajstić information content (AvgIpc) is 3.61. The summed E-state index contributed by atoms with van der Waals surface area (Å²) in [6.07, 6.45) is 11.5. The van der Waals surface area contributed by atoms with Crippen LogP contribution in [0.3, 0.4) is 0 Å². The number of rotatable bonds is 6. The summed E-state index contributed by atoms with van der Waals surface area (Å²) < 4.78 is 14.0. The summed E-state index contributed by atoms with van der Waals surface area (Å²) in [5, 5.41) is 21.4. The molecule has 4 heterocycles. The largest absolute Gasteiger partial charge is 0.508 e. The molecule has 1 aliphatic carbocycles. The molecule has 1 amide bonds.